The number of benzene rings is 2. The summed E-state index contributed by atoms with van der Waals surface area (Å²) < 4.78 is 0. The molecule has 31 heavy (non-hydrogen) atoms. The van der Waals surface area contributed by atoms with E-state index < -0.39 is 24.3 Å². The van der Waals surface area contributed by atoms with Gasteiger partial charge in [0.2, 0.25) is 5.91 Å². The van der Waals surface area contributed by atoms with Crippen LogP contribution in [-0.2, 0) is 11.3 Å². The molecule has 4 rings (SSSR count). The van der Waals surface area contributed by atoms with Crippen molar-refractivity contribution in [3.05, 3.63) is 95.3 Å². The Balaban J connectivity index is 1.41. The zero-order valence-electron chi connectivity index (χ0n) is 16.4. The maximum atomic E-state index is 12.6. The molecule has 4 amide bonds. The van der Waals surface area contributed by atoms with Gasteiger partial charge in [0.15, 0.2) is 0 Å². The van der Waals surface area contributed by atoms with Crippen LogP contribution < -0.4 is 10.6 Å². The Morgan fingerprint density at radius 2 is 1.55 bits per heavy atom. The van der Waals surface area contributed by atoms with E-state index in [1.807, 2.05) is 0 Å². The fourth-order valence-electron chi connectivity index (χ4n) is 3.29. The van der Waals surface area contributed by atoms with Crippen LogP contribution in [-0.4, -0.2) is 40.1 Å². The van der Waals surface area contributed by atoms with E-state index in [9.17, 15) is 19.2 Å². The largest absolute Gasteiger partial charge is 0.348 e. The number of nitrogens with zero attached hydrogens (tertiary/aromatic N) is 2. The lowest BCUT2D eigenvalue weighted by atomic mass is 10.1. The van der Waals surface area contributed by atoms with E-state index >= 15 is 0 Å². The number of hydrogen-bond donors (Lipinski definition) is 2. The number of nitrogens with one attached hydrogen (secondary N) is 2. The van der Waals surface area contributed by atoms with E-state index in [1.165, 1.54) is 6.20 Å². The Hall–Kier alpha value is -4.33. The number of pyridine rings is 1. The number of aromatic nitrogens is 1. The van der Waals surface area contributed by atoms with E-state index in [-0.39, 0.29) is 12.5 Å². The summed E-state index contributed by atoms with van der Waals surface area (Å²) in [6, 6.07) is 16.8. The number of carbonyl (C=O) groups excluding carboxylic acids is 4. The highest BCUT2D eigenvalue weighted by atomic mass is 16.2. The van der Waals surface area contributed by atoms with Crippen LogP contribution in [0.15, 0.2) is 73.1 Å². The first-order valence-electron chi connectivity index (χ1n) is 9.56. The lowest BCUT2D eigenvalue weighted by Crippen LogP contribution is -2.37. The van der Waals surface area contributed by atoms with Crippen molar-refractivity contribution in [2.75, 3.05) is 11.9 Å². The van der Waals surface area contributed by atoms with Gasteiger partial charge in [0, 0.05) is 24.6 Å². The highest BCUT2D eigenvalue weighted by molar-refractivity contribution is 6.22. The molecule has 2 aromatic carbocycles. The van der Waals surface area contributed by atoms with Crippen LogP contribution in [0.5, 0.6) is 0 Å². The molecule has 0 fully saturated rings. The van der Waals surface area contributed by atoms with Gasteiger partial charge in [-0.2, -0.15) is 0 Å². The second kappa shape index (κ2) is 8.58. The molecule has 154 valence electrons. The molecule has 0 saturated carbocycles. The summed E-state index contributed by atoms with van der Waals surface area (Å²) in [6.45, 7) is -0.222. The Bertz CT molecular complexity index is 1140. The van der Waals surface area contributed by atoms with Crippen molar-refractivity contribution in [3.8, 4) is 0 Å². The maximum Gasteiger partial charge on any atom is 0.262 e. The normalized spacial score (nSPS) is 12.5. The molecular weight excluding hydrogens is 396 g/mol. The lowest BCUT2D eigenvalue weighted by Gasteiger charge is -2.15. The third kappa shape index (κ3) is 4.18. The minimum absolute atomic E-state index is 0.178. The molecule has 1 aromatic heterocycles. The Morgan fingerprint density at radius 1 is 0.871 bits per heavy atom. The number of fused-ring (bicyclic) bond motifs is 1. The molecule has 0 spiro atoms. The van der Waals surface area contributed by atoms with E-state index in [0.29, 0.717) is 27.9 Å². The van der Waals surface area contributed by atoms with Crippen LogP contribution in [0.4, 0.5) is 5.69 Å². The van der Waals surface area contributed by atoms with E-state index in [1.54, 1.807) is 66.9 Å². The summed E-state index contributed by atoms with van der Waals surface area (Å²) in [5.74, 6) is -1.79. The number of imide groups is 1. The van der Waals surface area contributed by atoms with Crippen LogP contribution >= 0.6 is 0 Å². The summed E-state index contributed by atoms with van der Waals surface area (Å²) in [6.07, 6.45) is 3.04. The lowest BCUT2D eigenvalue weighted by molar-refractivity contribution is -0.116. The first-order chi connectivity index (χ1) is 15.0. The Labute approximate surface area is 177 Å². The van der Waals surface area contributed by atoms with Crippen molar-refractivity contribution >= 4 is 29.3 Å². The predicted octanol–water partition coefficient (Wildman–Crippen LogP) is 2.25. The van der Waals surface area contributed by atoms with Gasteiger partial charge in [0.25, 0.3) is 17.7 Å². The average Bonchev–Trinajstić information content (AvgIpc) is 3.04. The summed E-state index contributed by atoms with van der Waals surface area (Å²) in [5, 5.41) is 5.50. The van der Waals surface area contributed by atoms with Crippen LogP contribution in [0.25, 0.3) is 0 Å². The molecule has 1 aliphatic heterocycles. The Kier molecular flexibility index (Phi) is 5.53. The third-order valence-corrected chi connectivity index (χ3v) is 4.83. The minimum atomic E-state index is -0.513. The molecule has 1 aliphatic rings. The second-order valence-corrected chi connectivity index (χ2v) is 6.87. The summed E-state index contributed by atoms with van der Waals surface area (Å²) in [4.78, 5) is 54.5. The standard InChI is InChI=1S/C23H18N4O4/c28-20(14-27-22(30)17-8-2-3-9-18(17)23(27)31)26-19-10-4-1-6-15(19)13-25-21(29)16-7-5-11-24-12-16/h1-12H,13-14H2,(H,25,29)(H,26,28). The number of hydrogen-bond acceptors (Lipinski definition) is 5. The molecule has 2 heterocycles. The molecule has 0 saturated heterocycles. The van der Waals surface area contributed by atoms with Gasteiger partial charge in [-0.3, -0.25) is 29.1 Å². The molecule has 0 radical (unpaired) electrons. The van der Waals surface area contributed by atoms with Gasteiger partial charge < -0.3 is 10.6 Å². The predicted molar refractivity (Wildman–Crippen MR) is 112 cm³/mol. The fourth-order valence-corrected chi connectivity index (χ4v) is 3.29. The van der Waals surface area contributed by atoms with Crippen LogP contribution in [0.1, 0.15) is 36.6 Å². The monoisotopic (exact) mass is 414 g/mol. The van der Waals surface area contributed by atoms with Crippen molar-refractivity contribution in [3.63, 3.8) is 0 Å². The summed E-state index contributed by atoms with van der Waals surface area (Å²) in [5.41, 5.74) is 2.17. The summed E-state index contributed by atoms with van der Waals surface area (Å²) in [7, 11) is 0. The average molecular weight is 414 g/mol. The number of carbonyl (C=O) groups is 4. The molecule has 0 bridgehead atoms. The van der Waals surface area contributed by atoms with Gasteiger partial charge in [-0.05, 0) is 35.9 Å². The summed E-state index contributed by atoms with van der Waals surface area (Å²) >= 11 is 0. The minimum Gasteiger partial charge on any atom is -0.348 e. The van der Waals surface area contributed by atoms with Crippen LogP contribution in [0.2, 0.25) is 0 Å². The first kappa shape index (κ1) is 20.0. The van der Waals surface area contributed by atoms with E-state index in [4.69, 9.17) is 0 Å². The molecule has 3 aromatic rings. The van der Waals surface area contributed by atoms with Gasteiger partial charge in [0.1, 0.15) is 6.54 Å². The second-order valence-electron chi connectivity index (χ2n) is 6.87. The highest BCUT2D eigenvalue weighted by Crippen LogP contribution is 2.22. The smallest absolute Gasteiger partial charge is 0.262 e. The topological polar surface area (TPSA) is 108 Å². The number of amides is 4. The van der Waals surface area contributed by atoms with Crippen LogP contribution in [0.3, 0.4) is 0 Å². The van der Waals surface area contributed by atoms with Crippen molar-refractivity contribution < 1.29 is 19.2 Å². The van der Waals surface area contributed by atoms with Gasteiger partial charge in [-0.15, -0.1) is 0 Å². The van der Waals surface area contributed by atoms with E-state index in [2.05, 4.69) is 15.6 Å². The molecule has 0 aliphatic carbocycles. The van der Waals surface area contributed by atoms with Gasteiger partial charge in [-0.1, -0.05) is 30.3 Å². The van der Waals surface area contributed by atoms with Gasteiger partial charge >= 0.3 is 0 Å². The molecule has 0 atom stereocenters. The first-order valence-corrected chi connectivity index (χ1v) is 9.56. The quantitative estimate of drug-likeness (QED) is 0.602. The molecule has 2 N–H and O–H groups in total. The highest BCUT2D eigenvalue weighted by Gasteiger charge is 2.36. The van der Waals surface area contributed by atoms with Gasteiger partial charge in [0.05, 0.1) is 16.7 Å². The van der Waals surface area contributed by atoms with E-state index in [0.717, 1.165) is 4.90 Å². The third-order valence-electron chi connectivity index (χ3n) is 4.83. The maximum absolute atomic E-state index is 12.6. The van der Waals surface area contributed by atoms with Crippen LogP contribution in [0, 0.1) is 0 Å². The van der Waals surface area contributed by atoms with Crippen molar-refractivity contribution in [1.82, 2.24) is 15.2 Å². The Morgan fingerprint density at radius 3 is 2.23 bits per heavy atom. The SMILES string of the molecule is O=C(CN1C(=O)c2ccccc2C1=O)Nc1ccccc1CNC(=O)c1cccnc1. The fraction of sp³-hybridized carbons (Fsp3) is 0.0870. The van der Waals surface area contributed by atoms with Crippen molar-refractivity contribution in [1.29, 1.82) is 0 Å². The molecular formula is C23H18N4O4. The molecule has 0 unspecified atom stereocenters. The van der Waals surface area contributed by atoms with Gasteiger partial charge in [-0.25, -0.2) is 0 Å². The number of para-hydroxylation sites is 1. The van der Waals surface area contributed by atoms with Crippen molar-refractivity contribution in [2.24, 2.45) is 0 Å². The molecule has 8 heteroatoms. The number of rotatable bonds is 6. The van der Waals surface area contributed by atoms with Crippen molar-refractivity contribution in [2.45, 2.75) is 6.54 Å². The number of anilines is 1. The molecule has 8 nitrogen and oxygen atoms in total. The zero-order chi connectivity index (χ0) is 21.8. The zero-order valence-corrected chi connectivity index (χ0v) is 16.4.